The number of nitrogens with zero attached hydrogens (tertiary/aromatic N) is 1. The predicted molar refractivity (Wildman–Crippen MR) is 74.1 cm³/mol. The Morgan fingerprint density at radius 3 is 2.50 bits per heavy atom. The maximum atomic E-state index is 5.96. The first kappa shape index (κ1) is 11.6. The number of aliphatic imine (C=N–C) groups is 1. The number of nitrogens with one attached hydrogen (secondary N) is 1. The minimum absolute atomic E-state index is 0.604. The molecular weight excluding hydrogens is 222 g/mol. The fourth-order valence-corrected chi connectivity index (χ4v) is 3.18. The van der Waals surface area contributed by atoms with Crippen LogP contribution >= 0.6 is 0 Å². The molecule has 0 heterocycles. The second-order valence-corrected chi connectivity index (χ2v) is 5.47. The summed E-state index contributed by atoms with van der Waals surface area (Å²) in [5, 5.41) is 3.39. The monoisotopic (exact) mass is 243 g/mol. The van der Waals surface area contributed by atoms with Crippen LogP contribution in [0, 0.1) is 11.8 Å². The van der Waals surface area contributed by atoms with E-state index >= 15 is 0 Å². The molecule has 2 unspecified atom stereocenters. The van der Waals surface area contributed by atoms with E-state index < -0.39 is 0 Å². The predicted octanol–water partition coefficient (Wildman–Crippen LogP) is 2.28. The van der Waals surface area contributed by atoms with Crippen LogP contribution in [-0.4, -0.2) is 12.0 Å². The summed E-state index contributed by atoms with van der Waals surface area (Å²) >= 11 is 0. The fourth-order valence-electron chi connectivity index (χ4n) is 3.18. The molecule has 2 saturated carbocycles. The van der Waals surface area contributed by atoms with E-state index in [9.17, 15) is 0 Å². The molecule has 96 valence electrons. The Kier molecular flexibility index (Phi) is 3.22. The van der Waals surface area contributed by atoms with Crippen LogP contribution in [0.5, 0.6) is 0 Å². The van der Waals surface area contributed by atoms with Crippen LogP contribution < -0.4 is 11.1 Å². The molecular formula is C15H21N3. The molecule has 0 spiro atoms. The van der Waals surface area contributed by atoms with Crippen molar-refractivity contribution in [1.29, 1.82) is 0 Å². The summed E-state index contributed by atoms with van der Waals surface area (Å²) in [6.07, 6.45) is 5.52. The minimum atomic E-state index is 0.604. The quantitative estimate of drug-likeness (QED) is 0.632. The topological polar surface area (TPSA) is 50.4 Å². The van der Waals surface area contributed by atoms with E-state index in [1.807, 2.05) is 18.2 Å². The molecule has 3 nitrogen and oxygen atoms in total. The Labute approximate surface area is 108 Å². The molecule has 2 aliphatic carbocycles. The normalized spacial score (nSPS) is 30.7. The van der Waals surface area contributed by atoms with Crippen LogP contribution in [0.2, 0.25) is 0 Å². The van der Waals surface area contributed by atoms with Gasteiger partial charge in [0, 0.05) is 6.04 Å². The van der Waals surface area contributed by atoms with Gasteiger partial charge in [-0.15, -0.1) is 0 Å². The molecule has 0 aromatic heterocycles. The average Bonchev–Trinajstić information content (AvgIpc) is 3.11. The van der Waals surface area contributed by atoms with E-state index in [4.69, 9.17) is 5.73 Å². The number of fused-ring (bicyclic) bond motifs is 1. The van der Waals surface area contributed by atoms with Gasteiger partial charge in [-0.2, -0.15) is 0 Å². The summed E-state index contributed by atoms with van der Waals surface area (Å²) in [5.74, 6) is 2.34. The van der Waals surface area contributed by atoms with Crippen molar-refractivity contribution in [2.45, 2.75) is 38.3 Å². The van der Waals surface area contributed by atoms with Crippen LogP contribution in [0.25, 0.3) is 0 Å². The third kappa shape index (κ3) is 2.50. The van der Waals surface area contributed by atoms with E-state index in [1.165, 1.54) is 31.2 Å². The van der Waals surface area contributed by atoms with Gasteiger partial charge in [-0.3, -0.25) is 0 Å². The molecule has 3 rings (SSSR count). The van der Waals surface area contributed by atoms with Gasteiger partial charge in [0.25, 0.3) is 0 Å². The van der Waals surface area contributed by atoms with Crippen molar-refractivity contribution in [3.8, 4) is 0 Å². The standard InChI is InChI=1S/C15H21N3/c16-15(17-10-11-6-2-1-3-7-11)18-14-12-8-4-5-9-13(12)14/h1-3,6-7,12-14H,4-5,8-10H2,(H3,16,17,18). The van der Waals surface area contributed by atoms with Gasteiger partial charge >= 0.3 is 0 Å². The molecule has 2 fully saturated rings. The lowest BCUT2D eigenvalue weighted by atomic mass is 10.0. The number of guanidine groups is 1. The van der Waals surface area contributed by atoms with Crippen molar-refractivity contribution in [2.75, 3.05) is 0 Å². The van der Waals surface area contributed by atoms with Crippen molar-refractivity contribution >= 4 is 5.96 Å². The van der Waals surface area contributed by atoms with Crippen molar-refractivity contribution in [3.63, 3.8) is 0 Å². The maximum Gasteiger partial charge on any atom is 0.189 e. The fraction of sp³-hybridized carbons (Fsp3) is 0.533. The molecule has 3 N–H and O–H groups in total. The van der Waals surface area contributed by atoms with E-state index in [0.29, 0.717) is 18.5 Å². The molecule has 1 aromatic rings. The van der Waals surface area contributed by atoms with Gasteiger partial charge in [0.1, 0.15) is 0 Å². The molecule has 0 bridgehead atoms. The van der Waals surface area contributed by atoms with E-state index in [1.54, 1.807) is 0 Å². The summed E-state index contributed by atoms with van der Waals surface area (Å²) in [4.78, 5) is 4.42. The summed E-state index contributed by atoms with van der Waals surface area (Å²) < 4.78 is 0. The van der Waals surface area contributed by atoms with Crippen molar-refractivity contribution in [3.05, 3.63) is 35.9 Å². The van der Waals surface area contributed by atoms with Gasteiger partial charge in [0.05, 0.1) is 6.54 Å². The van der Waals surface area contributed by atoms with Gasteiger partial charge < -0.3 is 11.1 Å². The Morgan fingerprint density at radius 2 is 1.83 bits per heavy atom. The van der Waals surface area contributed by atoms with Crippen molar-refractivity contribution in [1.82, 2.24) is 5.32 Å². The molecule has 3 heteroatoms. The van der Waals surface area contributed by atoms with E-state index in [2.05, 4.69) is 22.4 Å². The smallest absolute Gasteiger partial charge is 0.189 e. The number of nitrogens with two attached hydrogens (primary N) is 1. The Hall–Kier alpha value is -1.51. The van der Waals surface area contributed by atoms with Crippen LogP contribution in [0.15, 0.2) is 35.3 Å². The molecule has 1 aromatic carbocycles. The molecule has 0 aliphatic heterocycles. The second kappa shape index (κ2) is 5.01. The van der Waals surface area contributed by atoms with Crippen LogP contribution in [-0.2, 0) is 6.54 Å². The van der Waals surface area contributed by atoms with Crippen LogP contribution in [0.4, 0.5) is 0 Å². The van der Waals surface area contributed by atoms with Gasteiger partial charge in [0.15, 0.2) is 5.96 Å². The van der Waals surface area contributed by atoms with Crippen molar-refractivity contribution in [2.24, 2.45) is 22.6 Å². The van der Waals surface area contributed by atoms with Crippen LogP contribution in [0.3, 0.4) is 0 Å². The first-order chi connectivity index (χ1) is 8.84. The van der Waals surface area contributed by atoms with Gasteiger partial charge in [-0.1, -0.05) is 43.2 Å². The lowest BCUT2D eigenvalue weighted by Crippen LogP contribution is -2.34. The Morgan fingerprint density at radius 1 is 1.17 bits per heavy atom. The lowest BCUT2D eigenvalue weighted by Gasteiger charge is -2.04. The zero-order valence-electron chi connectivity index (χ0n) is 10.7. The van der Waals surface area contributed by atoms with Gasteiger partial charge in [-0.05, 0) is 30.2 Å². The molecule has 2 atom stereocenters. The van der Waals surface area contributed by atoms with E-state index in [0.717, 1.165) is 11.8 Å². The molecule has 2 aliphatic rings. The zero-order valence-corrected chi connectivity index (χ0v) is 10.7. The Bertz CT molecular complexity index is 415. The molecule has 0 radical (unpaired) electrons. The van der Waals surface area contributed by atoms with Crippen molar-refractivity contribution < 1.29 is 0 Å². The largest absolute Gasteiger partial charge is 0.370 e. The van der Waals surface area contributed by atoms with Crippen LogP contribution in [0.1, 0.15) is 31.2 Å². The highest BCUT2D eigenvalue weighted by Gasteiger charge is 2.50. The number of hydrogen-bond acceptors (Lipinski definition) is 1. The highest BCUT2D eigenvalue weighted by molar-refractivity contribution is 5.78. The SMILES string of the molecule is NC(=NCc1ccccc1)NC1C2CCCCC21. The third-order valence-electron chi connectivity index (χ3n) is 4.25. The van der Waals surface area contributed by atoms with Gasteiger partial charge in [-0.25, -0.2) is 4.99 Å². The lowest BCUT2D eigenvalue weighted by molar-refractivity contribution is 0.480. The maximum absolute atomic E-state index is 5.96. The molecule has 0 saturated heterocycles. The first-order valence-electron chi connectivity index (χ1n) is 6.95. The summed E-state index contributed by atoms with van der Waals surface area (Å²) in [7, 11) is 0. The molecule has 18 heavy (non-hydrogen) atoms. The first-order valence-corrected chi connectivity index (χ1v) is 6.95. The van der Waals surface area contributed by atoms with E-state index in [-0.39, 0.29) is 0 Å². The van der Waals surface area contributed by atoms with Gasteiger partial charge in [0.2, 0.25) is 0 Å². The Balaban J connectivity index is 1.51. The average molecular weight is 243 g/mol. The summed E-state index contributed by atoms with van der Waals surface area (Å²) in [6.45, 7) is 0.668. The highest BCUT2D eigenvalue weighted by Crippen LogP contribution is 2.49. The number of hydrogen-bond donors (Lipinski definition) is 2. The second-order valence-electron chi connectivity index (χ2n) is 5.47. The highest BCUT2D eigenvalue weighted by atomic mass is 15.1. The minimum Gasteiger partial charge on any atom is -0.370 e. The summed E-state index contributed by atoms with van der Waals surface area (Å²) in [6, 6.07) is 10.8. The number of rotatable bonds is 3. The third-order valence-corrected chi connectivity index (χ3v) is 4.25. The number of benzene rings is 1. The summed E-state index contributed by atoms with van der Waals surface area (Å²) in [5.41, 5.74) is 7.16. The molecule has 0 amide bonds. The zero-order chi connectivity index (χ0) is 12.4.